The topological polar surface area (TPSA) is 0 Å². The van der Waals surface area contributed by atoms with Crippen LogP contribution in [0.15, 0.2) is 109 Å². The largest absolute Gasteiger partial charge is 0.0754 e. The minimum atomic E-state index is 0.336. The molecule has 0 aliphatic heterocycles. The zero-order valence-electron chi connectivity index (χ0n) is 21.7. The van der Waals surface area contributed by atoms with Gasteiger partial charge in [-0.3, -0.25) is 0 Å². The third kappa shape index (κ3) is 2.10. The van der Waals surface area contributed by atoms with Crippen LogP contribution in [0, 0.1) is 0 Å². The number of rotatable bonds is 0. The third-order valence-electron chi connectivity index (χ3n) is 10.3. The second-order valence-electron chi connectivity index (χ2n) is 11.9. The third-order valence-corrected chi connectivity index (χ3v) is 10.3. The summed E-state index contributed by atoms with van der Waals surface area (Å²) in [4.78, 5) is 0. The zero-order valence-corrected chi connectivity index (χ0v) is 21.7. The molecule has 2 atom stereocenters. The van der Waals surface area contributed by atoms with Gasteiger partial charge in [-0.25, -0.2) is 0 Å². The van der Waals surface area contributed by atoms with Gasteiger partial charge in [-0.15, -0.1) is 0 Å². The van der Waals surface area contributed by atoms with Crippen LogP contribution in [0.3, 0.4) is 0 Å². The maximum atomic E-state index is 2.51. The molecule has 0 nitrogen and oxygen atoms in total. The number of fused-ring (bicyclic) bond motifs is 6. The smallest absolute Gasteiger partial charge is 0.0212 e. The number of allylic oxidation sites excluding steroid dienone is 3. The zero-order chi connectivity index (χ0) is 25.7. The van der Waals surface area contributed by atoms with Crippen LogP contribution in [0.5, 0.6) is 0 Å². The molecule has 0 heteroatoms. The van der Waals surface area contributed by atoms with Crippen LogP contribution in [0.1, 0.15) is 34.1 Å². The first-order valence-corrected chi connectivity index (χ1v) is 14.4. The molecule has 0 N–H and O–H groups in total. The second kappa shape index (κ2) is 6.61. The molecular weight excluding hydrogens is 480 g/mol. The molecule has 8 aromatic rings. The van der Waals surface area contributed by atoms with Gasteiger partial charge in [0.25, 0.3) is 0 Å². The molecule has 182 valence electrons. The van der Waals surface area contributed by atoms with E-state index in [1.807, 2.05) is 0 Å². The van der Waals surface area contributed by atoms with Crippen molar-refractivity contribution < 1.29 is 0 Å². The van der Waals surface area contributed by atoms with Gasteiger partial charge in [-0.05, 0) is 97.7 Å². The summed E-state index contributed by atoms with van der Waals surface area (Å²) >= 11 is 0. The van der Waals surface area contributed by atoms with Crippen LogP contribution in [-0.4, -0.2) is 0 Å². The first-order chi connectivity index (χ1) is 19.9. The highest BCUT2D eigenvalue weighted by Gasteiger charge is 2.39. The quantitative estimate of drug-likeness (QED) is 0.143. The van der Waals surface area contributed by atoms with E-state index >= 15 is 0 Å². The molecule has 2 unspecified atom stereocenters. The van der Waals surface area contributed by atoms with E-state index in [1.165, 1.54) is 97.7 Å². The Balaban J connectivity index is 1.33. The van der Waals surface area contributed by atoms with Gasteiger partial charge in [-0.2, -0.15) is 0 Å². The predicted molar refractivity (Wildman–Crippen MR) is 171 cm³/mol. The molecule has 3 aliphatic carbocycles. The van der Waals surface area contributed by atoms with Crippen LogP contribution in [0.2, 0.25) is 0 Å². The maximum absolute atomic E-state index is 2.51. The Kier molecular flexibility index (Phi) is 3.31. The molecule has 3 aliphatic rings. The van der Waals surface area contributed by atoms with Crippen molar-refractivity contribution in [3.05, 3.63) is 137 Å². The molecule has 0 amide bonds. The molecule has 8 aromatic carbocycles. The Hall–Kier alpha value is -4.94. The summed E-state index contributed by atoms with van der Waals surface area (Å²) in [7, 11) is 0. The lowest BCUT2D eigenvalue weighted by Crippen LogP contribution is -2.29. The van der Waals surface area contributed by atoms with E-state index in [1.54, 1.807) is 0 Å². The highest BCUT2D eigenvalue weighted by atomic mass is 14.4. The van der Waals surface area contributed by atoms with Crippen molar-refractivity contribution in [3.63, 3.8) is 0 Å². The fourth-order valence-corrected chi connectivity index (χ4v) is 8.86. The van der Waals surface area contributed by atoms with Gasteiger partial charge < -0.3 is 0 Å². The van der Waals surface area contributed by atoms with Crippen molar-refractivity contribution in [1.82, 2.24) is 0 Å². The van der Waals surface area contributed by atoms with E-state index < -0.39 is 0 Å². The van der Waals surface area contributed by atoms with Crippen LogP contribution in [0.4, 0.5) is 0 Å². The van der Waals surface area contributed by atoms with E-state index in [4.69, 9.17) is 0 Å². The summed E-state index contributed by atoms with van der Waals surface area (Å²) in [5.74, 6) is 0.678. The van der Waals surface area contributed by atoms with Crippen molar-refractivity contribution >= 4 is 82.4 Å². The van der Waals surface area contributed by atoms with Crippen molar-refractivity contribution in [2.45, 2.75) is 11.8 Å². The van der Waals surface area contributed by atoms with Crippen LogP contribution in [-0.2, 0) is 0 Å². The molecule has 0 aromatic heterocycles. The average molecular weight is 503 g/mol. The fourth-order valence-electron chi connectivity index (χ4n) is 8.86. The van der Waals surface area contributed by atoms with Crippen molar-refractivity contribution in [1.29, 1.82) is 0 Å². The average Bonchev–Trinajstić information content (AvgIpc) is 3.01. The lowest BCUT2D eigenvalue weighted by Gasteiger charge is -2.40. The monoisotopic (exact) mass is 502 g/mol. The van der Waals surface area contributed by atoms with Gasteiger partial charge in [0.2, 0.25) is 0 Å². The van der Waals surface area contributed by atoms with E-state index in [9.17, 15) is 0 Å². The normalized spacial score (nSPS) is 18.8. The Morgan fingerprint density at radius 1 is 0.475 bits per heavy atom. The van der Waals surface area contributed by atoms with Crippen molar-refractivity contribution in [3.8, 4) is 0 Å². The first kappa shape index (κ1) is 20.0. The minimum absolute atomic E-state index is 0.336. The minimum Gasteiger partial charge on any atom is -0.0754 e. The SMILES string of the molecule is C1=CC2c3ccc4c5cccc6cccc(c7ccc(c3c74)C3=CC=c4c(c1c1cccc7cccc4c71)C32)c65. The summed E-state index contributed by atoms with van der Waals surface area (Å²) in [5.41, 5.74) is 7.30. The van der Waals surface area contributed by atoms with Crippen molar-refractivity contribution in [2.75, 3.05) is 0 Å². The molecule has 0 heterocycles. The highest BCUT2D eigenvalue weighted by Crippen LogP contribution is 2.57. The Morgan fingerprint density at radius 3 is 1.85 bits per heavy atom. The van der Waals surface area contributed by atoms with Crippen molar-refractivity contribution in [2.24, 2.45) is 0 Å². The summed E-state index contributed by atoms with van der Waals surface area (Å²) < 4.78 is 0. The van der Waals surface area contributed by atoms with Gasteiger partial charge in [0.05, 0.1) is 0 Å². The molecule has 0 radical (unpaired) electrons. The fraction of sp³-hybridized carbons (Fsp3) is 0.0500. The van der Waals surface area contributed by atoms with Crippen LogP contribution < -0.4 is 5.22 Å². The van der Waals surface area contributed by atoms with E-state index in [0.29, 0.717) is 11.8 Å². The molecule has 0 saturated carbocycles. The van der Waals surface area contributed by atoms with Gasteiger partial charge in [0, 0.05) is 11.8 Å². The maximum Gasteiger partial charge on any atom is 0.0212 e. The second-order valence-corrected chi connectivity index (χ2v) is 11.9. The van der Waals surface area contributed by atoms with Gasteiger partial charge in [0.1, 0.15) is 0 Å². The molecule has 40 heavy (non-hydrogen) atoms. The predicted octanol–water partition coefficient (Wildman–Crippen LogP) is 9.85. The molecule has 0 spiro atoms. The molecule has 0 saturated heterocycles. The van der Waals surface area contributed by atoms with E-state index in [2.05, 4.69) is 121 Å². The van der Waals surface area contributed by atoms with Gasteiger partial charge >= 0.3 is 0 Å². The van der Waals surface area contributed by atoms with Gasteiger partial charge in [-0.1, -0.05) is 121 Å². The molecular formula is C40H22. The molecule has 0 bridgehead atoms. The van der Waals surface area contributed by atoms with Crippen LogP contribution >= 0.6 is 0 Å². The van der Waals surface area contributed by atoms with Crippen LogP contribution in [0.25, 0.3) is 82.4 Å². The Morgan fingerprint density at radius 2 is 1.10 bits per heavy atom. The number of benzene rings is 8. The van der Waals surface area contributed by atoms with Gasteiger partial charge in [0.15, 0.2) is 0 Å². The Bertz CT molecular complexity index is 2540. The summed E-state index contributed by atoms with van der Waals surface area (Å²) in [6.45, 7) is 0. The molecule has 0 fully saturated rings. The lowest BCUT2D eigenvalue weighted by molar-refractivity contribution is 0.738. The molecule has 11 rings (SSSR count). The summed E-state index contributed by atoms with van der Waals surface area (Å²) in [6.07, 6.45) is 9.81. The van der Waals surface area contributed by atoms with E-state index in [0.717, 1.165) is 0 Å². The summed E-state index contributed by atoms with van der Waals surface area (Å²) in [6, 6.07) is 36.9. The summed E-state index contributed by atoms with van der Waals surface area (Å²) in [5, 5.41) is 18.0. The Labute approximate surface area is 230 Å². The van der Waals surface area contributed by atoms with E-state index in [-0.39, 0.29) is 0 Å². The highest BCUT2D eigenvalue weighted by molar-refractivity contribution is 6.34. The standard InChI is InChI=1S/C40H22/c1-5-21-6-2-10-24-28-14-18-32-34-20-16-30-26-12-4-8-22-7-3-11-25(36(22)26)29-15-19-33(40(34)38(29)30)31-17-13-27(37(28)39(31)32)23(9-1)35(21)24/h1-20,31,39H. The number of hydrogen-bond acceptors (Lipinski definition) is 0. The first-order valence-electron chi connectivity index (χ1n) is 14.4. The lowest BCUT2D eigenvalue weighted by atomic mass is 9.62. The number of hydrogen-bond donors (Lipinski definition) is 0.